The molecule has 2 aromatic rings. The van der Waals surface area contributed by atoms with E-state index in [9.17, 15) is 9.18 Å². The molecule has 2 nitrogen and oxygen atoms in total. The fourth-order valence-electron chi connectivity index (χ4n) is 1.65. The normalized spacial score (nSPS) is 10.0. The maximum atomic E-state index is 13.9. The third kappa shape index (κ3) is 2.18. The Kier molecular flexibility index (Phi) is 3.19. The van der Waals surface area contributed by atoms with Gasteiger partial charge in [0, 0.05) is 5.56 Å². The summed E-state index contributed by atoms with van der Waals surface area (Å²) in [6.45, 7) is 0. The van der Waals surface area contributed by atoms with Gasteiger partial charge in [0.15, 0.2) is 6.29 Å². The number of methoxy groups -OCH3 is 1. The molecule has 0 aliphatic rings. The maximum Gasteiger partial charge on any atom is 0.153 e. The van der Waals surface area contributed by atoms with Crippen molar-refractivity contribution in [2.45, 2.75) is 0 Å². The monoisotopic (exact) mass is 230 g/mol. The van der Waals surface area contributed by atoms with Crippen LogP contribution in [0, 0.1) is 5.82 Å². The Bertz CT molecular complexity index is 550. The molecule has 2 rings (SSSR count). The lowest BCUT2D eigenvalue weighted by Crippen LogP contribution is -1.92. The molecule has 0 aliphatic carbocycles. The summed E-state index contributed by atoms with van der Waals surface area (Å²) in [6, 6.07) is 11.8. The molecular weight excluding hydrogens is 219 g/mol. The Morgan fingerprint density at radius 1 is 1.18 bits per heavy atom. The minimum Gasteiger partial charge on any atom is -0.497 e. The van der Waals surface area contributed by atoms with Crippen molar-refractivity contribution in [3.8, 4) is 16.9 Å². The van der Waals surface area contributed by atoms with E-state index >= 15 is 0 Å². The van der Waals surface area contributed by atoms with E-state index in [0.717, 1.165) is 0 Å². The lowest BCUT2D eigenvalue weighted by molar-refractivity contribution is 0.112. The summed E-state index contributed by atoms with van der Waals surface area (Å²) < 4.78 is 19.0. The van der Waals surface area contributed by atoms with Gasteiger partial charge in [-0.3, -0.25) is 4.79 Å². The quantitative estimate of drug-likeness (QED) is 0.756. The largest absolute Gasteiger partial charge is 0.497 e. The molecule has 2 aromatic carbocycles. The fraction of sp³-hybridized carbons (Fsp3) is 0.0714. The second-order valence-electron chi connectivity index (χ2n) is 3.56. The molecule has 0 bridgehead atoms. The predicted octanol–water partition coefficient (Wildman–Crippen LogP) is 3.31. The smallest absolute Gasteiger partial charge is 0.153 e. The van der Waals surface area contributed by atoms with Crippen molar-refractivity contribution in [2.24, 2.45) is 0 Å². The first-order valence-electron chi connectivity index (χ1n) is 5.14. The van der Waals surface area contributed by atoms with Gasteiger partial charge in [0.2, 0.25) is 0 Å². The summed E-state index contributed by atoms with van der Waals surface area (Å²) in [5.74, 6) is 0.147. The van der Waals surface area contributed by atoms with Gasteiger partial charge >= 0.3 is 0 Å². The Balaban J connectivity index is 2.56. The zero-order valence-electron chi connectivity index (χ0n) is 9.31. The van der Waals surface area contributed by atoms with E-state index in [-0.39, 0.29) is 5.56 Å². The van der Waals surface area contributed by atoms with Crippen LogP contribution in [0.3, 0.4) is 0 Å². The van der Waals surface area contributed by atoms with Crippen LogP contribution in [-0.4, -0.2) is 13.4 Å². The number of halogens is 1. The summed E-state index contributed by atoms with van der Waals surface area (Å²) in [7, 11) is 1.55. The Hall–Kier alpha value is -2.16. The van der Waals surface area contributed by atoms with Crippen LogP contribution in [-0.2, 0) is 0 Å². The van der Waals surface area contributed by atoms with E-state index in [0.29, 0.717) is 23.2 Å². The number of carbonyl (C=O) groups excluding carboxylic acids is 1. The molecule has 0 saturated heterocycles. The van der Waals surface area contributed by atoms with E-state index in [1.54, 1.807) is 43.5 Å². The Morgan fingerprint density at radius 3 is 2.65 bits per heavy atom. The highest BCUT2D eigenvalue weighted by atomic mass is 19.1. The molecule has 0 aromatic heterocycles. The Morgan fingerprint density at radius 2 is 1.94 bits per heavy atom. The minimum atomic E-state index is -0.504. The number of rotatable bonds is 3. The number of benzene rings is 2. The molecule has 0 N–H and O–H groups in total. The number of hydrogen-bond acceptors (Lipinski definition) is 2. The van der Waals surface area contributed by atoms with E-state index in [1.807, 2.05) is 0 Å². The lowest BCUT2D eigenvalue weighted by atomic mass is 10.0. The minimum absolute atomic E-state index is 0.0605. The van der Waals surface area contributed by atoms with Gasteiger partial charge in [-0.25, -0.2) is 4.39 Å². The molecule has 3 heteroatoms. The molecule has 0 radical (unpaired) electrons. The molecule has 0 saturated carbocycles. The van der Waals surface area contributed by atoms with Gasteiger partial charge in [-0.1, -0.05) is 24.3 Å². The van der Waals surface area contributed by atoms with Crippen molar-refractivity contribution in [1.82, 2.24) is 0 Å². The summed E-state index contributed by atoms with van der Waals surface area (Å²) >= 11 is 0. The Labute approximate surface area is 98.7 Å². The molecule has 0 unspecified atom stereocenters. The molecule has 0 aliphatic heterocycles. The number of aldehydes is 1. The highest BCUT2D eigenvalue weighted by molar-refractivity contribution is 5.79. The van der Waals surface area contributed by atoms with Gasteiger partial charge < -0.3 is 4.74 Å². The first-order chi connectivity index (χ1) is 8.26. The third-order valence-electron chi connectivity index (χ3n) is 2.54. The van der Waals surface area contributed by atoms with Crippen LogP contribution in [0.2, 0.25) is 0 Å². The average Bonchev–Trinajstić information content (AvgIpc) is 2.39. The van der Waals surface area contributed by atoms with Crippen LogP contribution in [0.15, 0.2) is 42.5 Å². The molecule has 0 heterocycles. The highest BCUT2D eigenvalue weighted by Crippen LogP contribution is 2.27. The van der Waals surface area contributed by atoms with Gasteiger partial charge in [-0.05, 0) is 23.8 Å². The topological polar surface area (TPSA) is 26.3 Å². The fourth-order valence-corrected chi connectivity index (χ4v) is 1.65. The second kappa shape index (κ2) is 4.78. The molecular formula is C14H11FO2. The summed E-state index contributed by atoms with van der Waals surface area (Å²) in [4.78, 5) is 10.7. The summed E-state index contributed by atoms with van der Waals surface area (Å²) in [5.41, 5.74) is 1.14. The number of ether oxygens (including phenoxy) is 1. The van der Waals surface area contributed by atoms with E-state index in [4.69, 9.17) is 4.74 Å². The first kappa shape index (κ1) is 11.3. The molecule has 17 heavy (non-hydrogen) atoms. The number of hydrogen-bond donors (Lipinski definition) is 0. The first-order valence-corrected chi connectivity index (χ1v) is 5.14. The SMILES string of the molecule is COc1cccc(-c2cccc(C=O)c2F)c1. The molecule has 0 spiro atoms. The van der Waals surface area contributed by atoms with Crippen molar-refractivity contribution >= 4 is 6.29 Å². The third-order valence-corrected chi connectivity index (χ3v) is 2.54. The van der Waals surface area contributed by atoms with Crippen LogP contribution >= 0.6 is 0 Å². The predicted molar refractivity (Wildman–Crippen MR) is 63.8 cm³/mol. The zero-order valence-corrected chi connectivity index (χ0v) is 9.31. The van der Waals surface area contributed by atoms with Crippen molar-refractivity contribution in [3.05, 3.63) is 53.8 Å². The van der Waals surface area contributed by atoms with Gasteiger partial charge in [-0.2, -0.15) is 0 Å². The standard InChI is InChI=1S/C14H11FO2/c1-17-12-6-2-4-10(8-12)13-7-3-5-11(9-16)14(13)15/h2-9H,1H3. The molecule has 0 fully saturated rings. The van der Waals surface area contributed by atoms with Crippen LogP contribution in [0.4, 0.5) is 4.39 Å². The summed E-state index contributed by atoms with van der Waals surface area (Å²) in [6.07, 6.45) is 0.513. The molecule has 86 valence electrons. The van der Waals surface area contributed by atoms with Crippen molar-refractivity contribution in [3.63, 3.8) is 0 Å². The average molecular weight is 230 g/mol. The highest BCUT2D eigenvalue weighted by Gasteiger charge is 2.09. The zero-order chi connectivity index (χ0) is 12.3. The molecule has 0 atom stereocenters. The summed E-state index contributed by atoms with van der Waals surface area (Å²) in [5, 5.41) is 0. The van der Waals surface area contributed by atoms with E-state index in [1.165, 1.54) is 6.07 Å². The van der Waals surface area contributed by atoms with Crippen LogP contribution in [0.5, 0.6) is 5.75 Å². The van der Waals surface area contributed by atoms with Crippen LogP contribution in [0.1, 0.15) is 10.4 Å². The van der Waals surface area contributed by atoms with Crippen LogP contribution in [0.25, 0.3) is 11.1 Å². The van der Waals surface area contributed by atoms with E-state index in [2.05, 4.69) is 0 Å². The second-order valence-corrected chi connectivity index (χ2v) is 3.56. The molecule has 0 amide bonds. The van der Waals surface area contributed by atoms with Crippen molar-refractivity contribution in [1.29, 1.82) is 0 Å². The van der Waals surface area contributed by atoms with Gasteiger partial charge in [-0.15, -0.1) is 0 Å². The van der Waals surface area contributed by atoms with Gasteiger partial charge in [0.1, 0.15) is 11.6 Å². The van der Waals surface area contributed by atoms with Crippen molar-refractivity contribution < 1.29 is 13.9 Å². The van der Waals surface area contributed by atoms with Gasteiger partial charge in [0.05, 0.1) is 12.7 Å². The maximum absolute atomic E-state index is 13.9. The van der Waals surface area contributed by atoms with Gasteiger partial charge in [0.25, 0.3) is 0 Å². The number of carbonyl (C=O) groups is 1. The van der Waals surface area contributed by atoms with Crippen LogP contribution < -0.4 is 4.74 Å². The van der Waals surface area contributed by atoms with E-state index < -0.39 is 5.82 Å². The lowest BCUT2D eigenvalue weighted by Gasteiger charge is -2.06. The van der Waals surface area contributed by atoms with Crippen molar-refractivity contribution in [2.75, 3.05) is 7.11 Å².